The zero-order valence-corrected chi connectivity index (χ0v) is 14.7. The molecule has 10 heteroatoms. The van der Waals surface area contributed by atoms with E-state index in [-0.39, 0.29) is 11.9 Å². The Balaban J connectivity index is 0.000000298. The molecule has 7 nitrogen and oxygen atoms in total. The molecule has 1 aliphatic heterocycles. The lowest BCUT2D eigenvalue weighted by Crippen LogP contribution is -2.33. The number of nitrogens with zero attached hydrogens (tertiary/aromatic N) is 3. The lowest BCUT2D eigenvalue weighted by molar-refractivity contribution is -0.192. The van der Waals surface area contributed by atoms with Gasteiger partial charge in [-0.05, 0) is 26.8 Å². The number of hydrogen-bond acceptors (Lipinski definition) is 4. The predicted molar refractivity (Wildman–Crippen MR) is 86.7 cm³/mol. The van der Waals surface area contributed by atoms with Crippen LogP contribution in [0.5, 0.6) is 0 Å². The van der Waals surface area contributed by atoms with E-state index in [9.17, 15) is 18.0 Å². The standard InChI is InChI=1S/C14H22N4O.C2HF3O2/c1-10-13-16-12(9-18(13)8-7-17(10)2)14(19)15-11-5-3-4-6-11;3-2(4,5)1(6)7/h9-11H,3-8H2,1-2H3,(H,15,19);(H,6,7). The predicted octanol–water partition coefficient (Wildman–Crippen LogP) is 2.20. The van der Waals surface area contributed by atoms with Crippen LogP contribution in [-0.2, 0) is 11.3 Å². The number of carboxylic acid groups (broad SMARTS) is 1. The number of halogens is 3. The second-order valence-corrected chi connectivity index (χ2v) is 6.59. The Morgan fingerprint density at radius 3 is 2.38 bits per heavy atom. The highest BCUT2D eigenvalue weighted by Crippen LogP contribution is 2.23. The Morgan fingerprint density at radius 2 is 1.85 bits per heavy atom. The van der Waals surface area contributed by atoms with Crippen LogP contribution in [0, 0.1) is 0 Å². The number of carbonyl (C=O) groups is 2. The maximum absolute atomic E-state index is 12.2. The maximum Gasteiger partial charge on any atom is 0.490 e. The highest BCUT2D eigenvalue weighted by atomic mass is 19.4. The molecule has 2 N–H and O–H groups in total. The summed E-state index contributed by atoms with van der Waals surface area (Å²) in [6.07, 6.45) is 1.50. The van der Waals surface area contributed by atoms with Gasteiger partial charge in [0.05, 0.1) is 6.04 Å². The number of carbonyl (C=O) groups excluding carboxylic acids is 1. The van der Waals surface area contributed by atoms with Gasteiger partial charge in [-0.1, -0.05) is 12.8 Å². The molecule has 1 amide bonds. The van der Waals surface area contributed by atoms with Gasteiger partial charge in [0.15, 0.2) is 0 Å². The quantitative estimate of drug-likeness (QED) is 0.826. The number of nitrogens with one attached hydrogen (secondary N) is 1. The largest absolute Gasteiger partial charge is 0.490 e. The van der Waals surface area contributed by atoms with Gasteiger partial charge >= 0.3 is 12.1 Å². The number of amides is 1. The van der Waals surface area contributed by atoms with Crippen LogP contribution in [0.2, 0.25) is 0 Å². The SMILES string of the molecule is CC1c2nc(C(=O)NC3CCCC3)cn2CCN1C.O=C(O)C(F)(F)F. The van der Waals surface area contributed by atoms with Gasteiger partial charge in [-0.3, -0.25) is 9.69 Å². The first-order valence-electron chi connectivity index (χ1n) is 8.48. The van der Waals surface area contributed by atoms with Crippen molar-refractivity contribution < 1.29 is 27.9 Å². The molecule has 0 aromatic carbocycles. The summed E-state index contributed by atoms with van der Waals surface area (Å²) in [5.74, 6) is -1.76. The second kappa shape index (κ2) is 8.07. The topological polar surface area (TPSA) is 87.5 Å². The first kappa shape index (κ1) is 20.2. The Bertz CT molecular complexity index is 654. The first-order valence-corrected chi connectivity index (χ1v) is 8.48. The Kier molecular flexibility index (Phi) is 6.27. The van der Waals surface area contributed by atoms with Crippen LogP contribution in [0.3, 0.4) is 0 Å². The van der Waals surface area contributed by atoms with E-state index in [4.69, 9.17) is 9.90 Å². The van der Waals surface area contributed by atoms with E-state index in [1.54, 1.807) is 0 Å². The van der Waals surface area contributed by atoms with Crippen molar-refractivity contribution in [3.05, 3.63) is 17.7 Å². The molecule has 1 saturated carbocycles. The number of likely N-dealkylation sites (N-methyl/N-ethyl adjacent to an activating group) is 1. The maximum atomic E-state index is 12.2. The zero-order valence-electron chi connectivity index (χ0n) is 14.7. The van der Waals surface area contributed by atoms with Crippen molar-refractivity contribution in [2.45, 2.75) is 57.4 Å². The number of rotatable bonds is 2. The second-order valence-electron chi connectivity index (χ2n) is 6.59. The number of fused-ring (bicyclic) bond motifs is 1. The summed E-state index contributed by atoms with van der Waals surface area (Å²) in [7, 11) is 2.10. The van der Waals surface area contributed by atoms with Gasteiger partial charge in [0, 0.05) is 25.3 Å². The average Bonchev–Trinajstić information content (AvgIpc) is 3.20. The molecule has 1 aliphatic carbocycles. The molecule has 0 saturated heterocycles. The van der Waals surface area contributed by atoms with Gasteiger partial charge in [0.25, 0.3) is 5.91 Å². The summed E-state index contributed by atoms with van der Waals surface area (Å²) in [5.41, 5.74) is 0.573. The molecule has 2 aliphatic rings. The van der Waals surface area contributed by atoms with Gasteiger partial charge in [0.2, 0.25) is 0 Å². The van der Waals surface area contributed by atoms with Crippen LogP contribution in [0.15, 0.2) is 6.20 Å². The van der Waals surface area contributed by atoms with E-state index in [2.05, 4.69) is 33.7 Å². The Morgan fingerprint density at radius 1 is 1.27 bits per heavy atom. The number of alkyl halides is 3. The van der Waals surface area contributed by atoms with Gasteiger partial charge in [0.1, 0.15) is 11.5 Å². The molecule has 0 bridgehead atoms. The van der Waals surface area contributed by atoms with E-state index in [1.165, 1.54) is 12.8 Å². The van der Waals surface area contributed by atoms with Gasteiger partial charge in [-0.25, -0.2) is 9.78 Å². The fourth-order valence-corrected chi connectivity index (χ4v) is 3.04. The van der Waals surface area contributed by atoms with Gasteiger partial charge in [-0.2, -0.15) is 13.2 Å². The first-order chi connectivity index (χ1) is 12.1. The molecule has 0 radical (unpaired) electrons. The van der Waals surface area contributed by atoms with Crippen LogP contribution >= 0.6 is 0 Å². The molecule has 1 aromatic rings. The normalized spacial score (nSPS) is 20.9. The zero-order chi connectivity index (χ0) is 19.5. The van der Waals surface area contributed by atoms with Crippen molar-refractivity contribution in [2.24, 2.45) is 0 Å². The lowest BCUT2D eigenvalue weighted by atomic mass is 10.2. The van der Waals surface area contributed by atoms with E-state index in [1.807, 2.05) is 6.20 Å². The fourth-order valence-electron chi connectivity index (χ4n) is 3.04. The lowest BCUT2D eigenvalue weighted by Gasteiger charge is -2.29. The Hall–Kier alpha value is -2.10. The summed E-state index contributed by atoms with van der Waals surface area (Å²) in [4.78, 5) is 27.9. The summed E-state index contributed by atoms with van der Waals surface area (Å²) in [5, 5.41) is 10.2. The van der Waals surface area contributed by atoms with Crippen molar-refractivity contribution in [1.82, 2.24) is 19.8 Å². The fraction of sp³-hybridized carbons (Fsp3) is 0.688. The summed E-state index contributed by atoms with van der Waals surface area (Å²) in [6.45, 7) is 4.06. The third-order valence-electron chi connectivity index (χ3n) is 4.70. The van der Waals surface area contributed by atoms with Crippen LogP contribution in [0.4, 0.5) is 13.2 Å². The Labute approximate surface area is 149 Å². The molecule has 3 rings (SSSR count). The molecular weight excluding hydrogens is 353 g/mol. The van der Waals surface area contributed by atoms with Gasteiger partial charge < -0.3 is 15.0 Å². The van der Waals surface area contributed by atoms with Crippen LogP contribution in [0.25, 0.3) is 0 Å². The molecule has 2 heterocycles. The highest BCUT2D eigenvalue weighted by molar-refractivity contribution is 5.92. The van der Waals surface area contributed by atoms with E-state index in [0.717, 1.165) is 31.8 Å². The molecule has 0 spiro atoms. The molecule has 1 fully saturated rings. The monoisotopic (exact) mass is 376 g/mol. The van der Waals surface area contributed by atoms with Gasteiger partial charge in [-0.15, -0.1) is 0 Å². The number of aromatic nitrogens is 2. The molecule has 1 aromatic heterocycles. The van der Waals surface area contributed by atoms with E-state index in [0.29, 0.717) is 11.7 Å². The smallest absolute Gasteiger partial charge is 0.475 e. The third kappa shape index (κ3) is 4.96. The highest BCUT2D eigenvalue weighted by Gasteiger charge is 2.38. The van der Waals surface area contributed by atoms with Crippen LogP contribution < -0.4 is 5.32 Å². The van der Waals surface area contributed by atoms with Crippen LogP contribution in [-0.4, -0.2) is 57.2 Å². The summed E-state index contributed by atoms with van der Waals surface area (Å²) >= 11 is 0. The minimum atomic E-state index is -5.08. The van der Waals surface area contributed by atoms with Crippen molar-refractivity contribution in [3.8, 4) is 0 Å². The molecular formula is C16H23F3N4O3. The van der Waals surface area contributed by atoms with Crippen molar-refractivity contribution >= 4 is 11.9 Å². The average molecular weight is 376 g/mol. The van der Waals surface area contributed by atoms with Crippen LogP contribution in [0.1, 0.15) is 55.0 Å². The molecule has 1 atom stereocenters. The minimum Gasteiger partial charge on any atom is -0.475 e. The number of carboxylic acids is 1. The van der Waals surface area contributed by atoms with Crippen molar-refractivity contribution in [2.75, 3.05) is 13.6 Å². The summed E-state index contributed by atoms with van der Waals surface area (Å²) < 4.78 is 33.9. The summed E-state index contributed by atoms with van der Waals surface area (Å²) in [6, 6.07) is 0.633. The molecule has 1 unspecified atom stereocenters. The molecule has 26 heavy (non-hydrogen) atoms. The molecule has 146 valence electrons. The van der Waals surface area contributed by atoms with Crippen molar-refractivity contribution in [1.29, 1.82) is 0 Å². The number of imidazole rings is 1. The minimum absolute atomic E-state index is 0.0105. The number of hydrogen-bond donors (Lipinski definition) is 2. The van der Waals surface area contributed by atoms with Crippen molar-refractivity contribution in [3.63, 3.8) is 0 Å². The number of aliphatic carboxylic acids is 1. The van der Waals surface area contributed by atoms with E-state index >= 15 is 0 Å². The third-order valence-corrected chi connectivity index (χ3v) is 4.70. The van der Waals surface area contributed by atoms with E-state index < -0.39 is 12.1 Å².